The Balaban J connectivity index is 1.44. The number of hydrogen-bond acceptors (Lipinski definition) is 5. The van der Waals surface area contributed by atoms with E-state index in [1.54, 1.807) is 0 Å². The number of unbranched alkanes of at least 4 members (excludes halogenated alkanes) is 1. The molecular formula is C18H29N5S. The van der Waals surface area contributed by atoms with E-state index in [4.69, 9.17) is 4.98 Å². The molecule has 0 radical (unpaired) electrons. The molecule has 0 saturated carbocycles. The molecule has 1 aliphatic heterocycles. The van der Waals surface area contributed by atoms with Crippen molar-refractivity contribution in [1.82, 2.24) is 24.3 Å². The molecule has 2 aromatic heterocycles. The molecule has 0 spiro atoms. The zero-order chi connectivity index (χ0) is 16.8. The second kappa shape index (κ2) is 8.74. The van der Waals surface area contributed by atoms with E-state index in [-0.39, 0.29) is 0 Å². The summed E-state index contributed by atoms with van der Waals surface area (Å²) in [7, 11) is 0. The van der Waals surface area contributed by atoms with E-state index in [1.165, 1.54) is 29.4 Å². The van der Waals surface area contributed by atoms with Crippen LogP contribution in [0.2, 0.25) is 0 Å². The fourth-order valence-corrected chi connectivity index (χ4v) is 4.01. The van der Waals surface area contributed by atoms with Crippen LogP contribution in [0.5, 0.6) is 0 Å². The standard InChI is InChI=1S/C18H29N5S/c1-3-5-6-18-20-16(15-24-18)13-21-9-11-22(12-10-21)14-17-19-7-8-23(17)4-2/h7-8,15H,3-6,9-14H2,1-2H3. The highest BCUT2D eigenvalue weighted by atomic mass is 32.1. The van der Waals surface area contributed by atoms with Crippen molar-refractivity contribution in [1.29, 1.82) is 0 Å². The molecule has 0 unspecified atom stereocenters. The summed E-state index contributed by atoms with van der Waals surface area (Å²) in [6.45, 7) is 11.8. The van der Waals surface area contributed by atoms with Gasteiger partial charge in [-0.3, -0.25) is 9.80 Å². The SMILES string of the molecule is CCCCc1nc(CN2CCN(Cc3nccn3CC)CC2)cs1. The van der Waals surface area contributed by atoms with Gasteiger partial charge in [-0.2, -0.15) is 0 Å². The van der Waals surface area contributed by atoms with Gasteiger partial charge in [0.25, 0.3) is 0 Å². The number of thiazole rings is 1. The van der Waals surface area contributed by atoms with Gasteiger partial charge in [0.05, 0.1) is 17.2 Å². The molecule has 0 N–H and O–H groups in total. The number of aromatic nitrogens is 3. The van der Waals surface area contributed by atoms with Crippen molar-refractivity contribution in [2.75, 3.05) is 26.2 Å². The fourth-order valence-electron chi connectivity index (χ4n) is 3.18. The lowest BCUT2D eigenvalue weighted by molar-refractivity contribution is 0.118. The van der Waals surface area contributed by atoms with Gasteiger partial charge in [-0.1, -0.05) is 13.3 Å². The van der Waals surface area contributed by atoms with Crippen LogP contribution in [0.25, 0.3) is 0 Å². The largest absolute Gasteiger partial charge is 0.334 e. The lowest BCUT2D eigenvalue weighted by Gasteiger charge is -2.34. The Morgan fingerprint density at radius 2 is 1.83 bits per heavy atom. The highest BCUT2D eigenvalue weighted by molar-refractivity contribution is 7.09. The second-order valence-electron chi connectivity index (χ2n) is 6.52. The number of hydrogen-bond donors (Lipinski definition) is 0. The number of imidazole rings is 1. The van der Waals surface area contributed by atoms with Crippen molar-refractivity contribution in [3.63, 3.8) is 0 Å². The molecule has 3 rings (SSSR count). The van der Waals surface area contributed by atoms with Gasteiger partial charge in [0.15, 0.2) is 0 Å². The van der Waals surface area contributed by atoms with Crippen LogP contribution >= 0.6 is 11.3 Å². The quantitative estimate of drug-likeness (QED) is 0.736. The fraction of sp³-hybridized carbons (Fsp3) is 0.667. The van der Waals surface area contributed by atoms with Crippen LogP contribution in [0, 0.1) is 0 Å². The molecule has 6 heteroatoms. The summed E-state index contributed by atoms with van der Waals surface area (Å²) in [5.74, 6) is 1.19. The molecular weight excluding hydrogens is 318 g/mol. The Kier molecular flexibility index (Phi) is 6.40. The first-order valence-corrected chi connectivity index (χ1v) is 10.0. The molecule has 3 heterocycles. The third kappa shape index (κ3) is 4.65. The van der Waals surface area contributed by atoms with E-state index < -0.39 is 0 Å². The number of piperazine rings is 1. The monoisotopic (exact) mass is 347 g/mol. The molecule has 1 aliphatic rings. The minimum absolute atomic E-state index is 0.965. The first kappa shape index (κ1) is 17.6. The van der Waals surface area contributed by atoms with E-state index >= 15 is 0 Å². The second-order valence-corrected chi connectivity index (χ2v) is 7.46. The summed E-state index contributed by atoms with van der Waals surface area (Å²) in [4.78, 5) is 14.3. The van der Waals surface area contributed by atoms with E-state index in [9.17, 15) is 0 Å². The summed E-state index contributed by atoms with van der Waals surface area (Å²) in [6.07, 6.45) is 7.61. The zero-order valence-corrected chi connectivity index (χ0v) is 15.8. The van der Waals surface area contributed by atoms with E-state index in [2.05, 4.69) is 44.8 Å². The van der Waals surface area contributed by atoms with Crippen molar-refractivity contribution in [2.45, 2.75) is 52.7 Å². The molecule has 5 nitrogen and oxygen atoms in total. The Hall–Kier alpha value is -1.24. The van der Waals surface area contributed by atoms with Crippen LogP contribution in [0.3, 0.4) is 0 Å². The molecule has 0 bridgehead atoms. The van der Waals surface area contributed by atoms with Gasteiger partial charge in [0, 0.05) is 57.0 Å². The molecule has 1 fully saturated rings. The van der Waals surface area contributed by atoms with Crippen LogP contribution < -0.4 is 0 Å². The van der Waals surface area contributed by atoms with Crippen LogP contribution in [0.15, 0.2) is 17.8 Å². The highest BCUT2D eigenvalue weighted by Crippen LogP contribution is 2.16. The van der Waals surface area contributed by atoms with Crippen molar-refractivity contribution < 1.29 is 0 Å². The predicted molar refractivity (Wildman–Crippen MR) is 99.2 cm³/mol. The maximum absolute atomic E-state index is 4.79. The van der Waals surface area contributed by atoms with Crippen molar-refractivity contribution >= 4 is 11.3 Å². The van der Waals surface area contributed by atoms with Gasteiger partial charge < -0.3 is 4.57 Å². The van der Waals surface area contributed by atoms with Gasteiger partial charge in [0.2, 0.25) is 0 Å². The van der Waals surface area contributed by atoms with Gasteiger partial charge in [-0.25, -0.2) is 9.97 Å². The lowest BCUT2D eigenvalue weighted by Crippen LogP contribution is -2.45. The highest BCUT2D eigenvalue weighted by Gasteiger charge is 2.19. The van der Waals surface area contributed by atoms with E-state index in [0.717, 1.165) is 52.2 Å². The lowest BCUT2D eigenvalue weighted by atomic mass is 10.2. The third-order valence-electron chi connectivity index (χ3n) is 4.70. The van der Waals surface area contributed by atoms with E-state index in [0.29, 0.717) is 0 Å². The summed E-state index contributed by atoms with van der Waals surface area (Å²) < 4.78 is 2.24. The van der Waals surface area contributed by atoms with Gasteiger partial charge in [0.1, 0.15) is 5.82 Å². The minimum atomic E-state index is 0.965. The third-order valence-corrected chi connectivity index (χ3v) is 5.66. The molecule has 2 aromatic rings. The van der Waals surface area contributed by atoms with Gasteiger partial charge in [-0.05, 0) is 19.8 Å². The van der Waals surface area contributed by atoms with E-state index in [1.807, 2.05) is 17.5 Å². The summed E-state index contributed by atoms with van der Waals surface area (Å²) >= 11 is 1.83. The average Bonchev–Trinajstić information content (AvgIpc) is 3.24. The molecule has 0 atom stereocenters. The summed E-state index contributed by atoms with van der Waals surface area (Å²) in [6, 6.07) is 0. The van der Waals surface area contributed by atoms with Crippen LogP contribution in [-0.4, -0.2) is 50.5 Å². The minimum Gasteiger partial charge on any atom is -0.334 e. The normalized spacial score (nSPS) is 16.8. The Bertz CT molecular complexity index is 612. The molecule has 132 valence electrons. The topological polar surface area (TPSA) is 37.2 Å². The smallest absolute Gasteiger partial charge is 0.122 e. The van der Waals surface area contributed by atoms with Crippen LogP contribution in [0.4, 0.5) is 0 Å². The first-order valence-electron chi connectivity index (χ1n) is 9.16. The summed E-state index contributed by atoms with van der Waals surface area (Å²) in [5, 5.41) is 3.55. The first-order chi connectivity index (χ1) is 11.8. The maximum atomic E-state index is 4.79. The summed E-state index contributed by atoms with van der Waals surface area (Å²) in [5.41, 5.74) is 1.25. The molecule has 0 aromatic carbocycles. The van der Waals surface area contributed by atoms with Crippen LogP contribution in [-0.2, 0) is 26.1 Å². The van der Waals surface area contributed by atoms with Crippen molar-refractivity contribution in [2.24, 2.45) is 0 Å². The molecule has 0 aliphatic carbocycles. The zero-order valence-electron chi connectivity index (χ0n) is 14.9. The van der Waals surface area contributed by atoms with Gasteiger partial charge in [-0.15, -0.1) is 11.3 Å². The maximum Gasteiger partial charge on any atom is 0.122 e. The molecule has 24 heavy (non-hydrogen) atoms. The van der Waals surface area contributed by atoms with Crippen LogP contribution in [0.1, 0.15) is 43.2 Å². The Labute approximate surface area is 149 Å². The molecule has 0 amide bonds. The van der Waals surface area contributed by atoms with Crippen molar-refractivity contribution in [3.05, 3.63) is 34.3 Å². The Morgan fingerprint density at radius 1 is 1.08 bits per heavy atom. The average molecular weight is 348 g/mol. The number of aryl methyl sites for hydroxylation is 2. The van der Waals surface area contributed by atoms with Gasteiger partial charge >= 0.3 is 0 Å². The molecule has 1 saturated heterocycles. The predicted octanol–water partition coefficient (Wildman–Crippen LogP) is 3.02. The number of rotatable bonds is 8. The number of nitrogens with zero attached hydrogens (tertiary/aromatic N) is 5. The Morgan fingerprint density at radius 3 is 2.54 bits per heavy atom. The van der Waals surface area contributed by atoms with Crippen molar-refractivity contribution in [3.8, 4) is 0 Å².